The van der Waals surface area contributed by atoms with Crippen molar-refractivity contribution >= 4 is 15.8 Å². The van der Waals surface area contributed by atoms with Gasteiger partial charge in [-0.15, -0.1) is 0 Å². The predicted octanol–water partition coefficient (Wildman–Crippen LogP) is 1.82. The number of Topliss-reactive ketones (excluding diaryl/α,β-unsaturated/α-hetero) is 1. The Balaban J connectivity index is 2.22. The van der Waals surface area contributed by atoms with E-state index in [1.54, 1.807) is 26.0 Å². The maximum absolute atomic E-state index is 12.2. The molecule has 0 spiro atoms. The average Bonchev–Trinajstić information content (AvgIpc) is 2.84. The van der Waals surface area contributed by atoms with Gasteiger partial charge >= 0.3 is 0 Å². The molecule has 0 fully saturated rings. The van der Waals surface area contributed by atoms with Crippen LogP contribution in [0, 0.1) is 0 Å². The van der Waals surface area contributed by atoms with Crippen molar-refractivity contribution in [3.63, 3.8) is 0 Å². The van der Waals surface area contributed by atoms with Crippen LogP contribution in [-0.2, 0) is 27.7 Å². The van der Waals surface area contributed by atoms with Crippen molar-refractivity contribution in [2.75, 3.05) is 0 Å². The lowest BCUT2D eigenvalue weighted by Crippen LogP contribution is -2.38. The first-order valence-corrected chi connectivity index (χ1v) is 8.09. The van der Waals surface area contributed by atoms with Gasteiger partial charge in [0.1, 0.15) is 5.78 Å². The molecule has 0 radical (unpaired) electrons. The Morgan fingerprint density at radius 2 is 2.00 bits per heavy atom. The number of carbonyl (C=O) groups is 1. The topological polar surface area (TPSA) is 63.2 Å². The van der Waals surface area contributed by atoms with Crippen molar-refractivity contribution in [3.8, 4) is 0 Å². The molecule has 1 aromatic carbocycles. The lowest BCUT2D eigenvalue weighted by atomic mass is 10.1. The summed E-state index contributed by atoms with van der Waals surface area (Å²) in [5.74, 6) is -0.107. The van der Waals surface area contributed by atoms with Crippen LogP contribution in [0.5, 0.6) is 0 Å². The number of rotatable bonds is 5. The zero-order chi connectivity index (χ0) is 14.0. The first-order valence-electron chi connectivity index (χ1n) is 6.61. The normalized spacial score (nSPS) is 16.1. The standard InChI is InChI=1S/C14H19NO3S/c1-3-14(16)10(2)15-19(17,18)13-8-7-11-5-4-6-12(11)9-13/h7-10,15H,3-6H2,1-2H3. The molecular weight excluding hydrogens is 262 g/mol. The molecule has 0 aromatic heterocycles. The number of fused-ring (bicyclic) bond motifs is 1. The monoisotopic (exact) mass is 281 g/mol. The van der Waals surface area contributed by atoms with Crippen LogP contribution in [0.4, 0.5) is 0 Å². The highest BCUT2D eigenvalue weighted by molar-refractivity contribution is 7.89. The average molecular weight is 281 g/mol. The summed E-state index contributed by atoms with van der Waals surface area (Å²) in [5.41, 5.74) is 2.34. The summed E-state index contributed by atoms with van der Waals surface area (Å²) in [6.07, 6.45) is 3.36. The minimum atomic E-state index is -3.61. The number of sulfonamides is 1. The summed E-state index contributed by atoms with van der Waals surface area (Å²) in [5, 5.41) is 0. The smallest absolute Gasteiger partial charge is 0.241 e. The van der Waals surface area contributed by atoms with Gasteiger partial charge in [-0.25, -0.2) is 13.1 Å². The molecule has 0 bridgehead atoms. The van der Waals surface area contributed by atoms with Gasteiger partial charge in [0.15, 0.2) is 0 Å². The molecule has 5 heteroatoms. The lowest BCUT2D eigenvalue weighted by Gasteiger charge is -2.13. The Morgan fingerprint density at radius 1 is 1.32 bits per heavy atom. The highest BCUT2D eigenvalue weighted by Gasteiger charge is 2.22. The van der Waals surface area contributed by atoms with E-state index in [0.29, 0.717) is 6.42 Å². The van der Waals surface area contributed by atoms with Crippen LogP contribution in [0.1, 0.15) is 37.8 Å². The van der Waals surface area contributed by atoms with Crippen LogP contribution in [-0.4, -0.2) is 20.2 Å². The van der Waals surface area contributed by atoms with Crippen LogP contribution in [0.3, 0.4) is 0 Å². The number of hydrogen-bond donors (Lipinski definition) is 1. The van der Waals surface area contributed by atoms with E-state index in [4.69, 9.17) is 0 Å². The second-order valence-electron chi connectivity index (χ2n) is 4.95. The zero-order valence-corrected chi connectivity index (χ0v) is 12.1. The van der Waals surface area contributed by atoms with Gasteiger partial charge in [-0.1, -0.05) is 13.0 Å². The molecule has 1 unspecified atom stereocenters. The third kappa shape index (κ3) is 3.04. The van der Waals surface area contributed by atoms with E-state index in [0.717, 1.165) is 24.8 Å². The molecular formula is C14H19NO3S. The molecule has 0 amide bonds. The molecule has 19 heavy (non-hydrogen) atoms. The fourth-order valence-electron chi connectivity index (χ4n) is 2.39. The van der Waals surface area contributed by atoms with Crippen LogP contribution >= 0.6 is 0 Å². The molecule has 0 saturated carbocycles. The van der Waals surface area contributed by atoms with Crippen molar-refractivity contribution in [1.29, 1.82) is 0 Å². The van der Waals surface area contributed by atoms with Crippen molar-refractivity contribution in [2.45, 2.75) is 50.5 Å². The highest BCUT2D eigenvalue weighted by Crippen LogP contribution is 2.24. The van der Waals surface area contributed by atoms with Gasteiger partial charge in [0, 0.05) is 6.42 Å². The van der Waals surface area contributed by atoms with Crippen LogP contribution in [0.25, 0.3) is 0 Å². The van der Waals surface area contributed by atoms with E-state index < -0.39 is 16.1 Å². The summed E-state index contributed by atoms with van der Waals surface area (Å²) in [7, 11) is -3.61. The molecule has 104 valence electrons. The van der Waals surface area contributed by atoms with Gasteiger partial charge in [0.05, 0.1) is 10.9 Å². The first-order chi connectivity index (χ1) is 8.94. The number of hydrogen-bond acceptors (Lipinski definition) is 3. The Hall–Kier alpha value is -1.20. The fraction of sp³-hybridized carbons (Fsp3) is 0.500. The van der Waals surface area contributed by atoms with E-state index in [9.17, 15) is 13.2 Å². The SMILES string of the molecule is CCC(=O)C(C)NS(=O)(=O)c1ccc2c(c1)CCC2. The molecule has 0 aliphatic heterocycles. The molecule has 1 aliphatic carbocycles. The van der Waals surface area contributed by atoms with E-state index in [2.05, 4.69) is 4.72 Å². The van der Waals surface area contributed by atoms with Crippen molar-refractivity contribution in [2.24, 2.45) is 0 Å². The molecule has 0 heterocycles. The van der Waals surface area contributed by atoms with Gasteiger partial charge in [-0.2, -0.15) is 0 Å². The van der Waals surface area contributed by atoms with E-state index in [1.165, 1.54) is 5.56 Å². The first kappa shape index (κ1) is 14.2. The van der Waals surface area contributed by atoms with Gasteiger partial charge in [-0.05, 0) is 49.4 Å². The largest absolute Gasteiger partial charge is 0.298 e. The van der Waals surface area contributed by atoms with Crippen LogP contribution in [0.15, 0.2) is 23.1 Å². The number of carbonyl (C=O) groups excluding carboxylic acids is 1. The van der Waals surface area contributed by atoms with Gasteiger partial charge in [0.25, 0.3) is 0 Å². The van der Waals surface area contributed by atoms with E-state index >= 15 is 0 Å². The van der Waals surface area contributed by atoms with Crippen LogP contribution < -0.4 is 4.72 Å². The molecule has 1 aromatic rings. The number of aryl methyl sites for hydroxylation is 2. The molecule has 1 N–H and O–H groups in total. The quantitative estimate of drug-likeness (QED) is 0.895. The summed E-state index contributed by atoms with van der Waals surface area (Å²) in [6.45, 7) is 3.30. The maximum Gasteiger partial charge on any atom is 0.241 e. The summed E-state index contributed by atoms with van der Waals surface area (Å²) < 4.78 is 26.8. The van der Waals surface area contributed by atoms with Crippen molar-refractivity contribution in [1.82, 2.24) is 4.72 Å². The van der Waals surface area contributed by atoms with Crippen LogP contribution in [0.2, 0.25) is 0 Å². The predicted molar refractivity (Wildman–Crippen MR) is 73.5 cm³/mol. The molecule has 0 saturated heterocycles. The second-order valence-corrected chi connectivity index (χ2v) is 6.66. The van der Waals surface area contributed by atoms with Gasteiger partial charge < -0.3 is 0 Å². The fourth-order valence-corrected chi connectivity index (χ4v) is 3.67. The highest BCUT2D eigenvalue weighted by atomic mass is 32.2. The second kappa shape index (κ2) is 5.43. The minimum Gasteiger partial charge on any atom is -0.298 e. The summed E-state index contributed by atoms with van der Waals surface area (Å²) >= 11 is 0. The van der Waals surface area contributed by atoms with Crippen molar-refractivity contribution < 1.29 is 13.2 Å². The third-order valence-electron chi connectivity index (χ3n) is 3.54. The number of ketones is 1. The number of benzene rings is 1. The molecule has 4 nitrogen and oxygen atoms in total. The third-order valence-corrected chi connectivity index (χ3v) is 5.08. The number of nitrogens with one attached hydrogen (secondary N) is 1. The van der Waals surface area contributed by atoms with Gasteiger partial charge in [-0.3, -0.25) is 4.79 Å². The van der Waals surface area contributed by atoms with E-state index in [1.807, 2.05) is 6.07 Å². The maximum atomic E-state index is 12.2. The lowest BCUT2D eigenvalue weighted by molar-refractivity contribution is -0.119. The molecule has 1 atom stereocenters. The summed E-state index contributed by atoms with van der Waals surface area (Å²) in [4.78, 5) is 11.7. The minimum absolute atomic E-state index is 0.107. The Morgan fingerprint density at radius 3 is 2.68 bits per heavy atom. The van der Waals surface area contributed by atoms with E-state index in [-0.39, 0.29) is 10.7 Å². The Bertz CT molecular complexity index is 593. The Kier molecular flexibility index (Phi) is 4.06. The molecule has 2 rings (SSSR count). The van der Waals surface area contributed by atoms with Crippen molar-refractivity contribution in [3.05, 3.63) is 29.3 Å². The summed E-state index contributed by atoms with van der Waals surface area (Å²) in [6, 6.07) is 4.55. The Labute approximate surface area is 114 Å². The molecule has 1 aliphatic rings. The van der Waals surface area contributed by atoms with Gasteiger partial charge in [0.2, 0.25) is 10.0 Å². The zero-order valence-electron chi connectivity index (χ0n) is 11.3.